The summed E-state index contributed by atoms with van der Waals surface area (Å²) >= 11 is 0. The molecule has 2 nitrogen and oxygen atoms in total. The number of hydrogen-bond acceptors (Lipinski definition) is 1. The summed E-state index contributed by atoms with van der Waals surface area (Å²) in [7, 11) is 0. The standard InChI is InChI=1S/C58H40N2/c1-57(2)48-25-11-6-19-40(48)44-33-31-39(36-52(44)57)59(38-32-34-54-47(35-38)45-23-10-15-29-53(45)60(54)37-17-4-3-5-18-37)55-30-16-24-46-43-22-9-14-28-51(43)58(56(46)55)49-26-12-7-20-41(49)42-21-8-13-27-50(42)58/h3-36H,1-2H3. The maximum atomic E-state index is 2.57. The topological polar surface area (TPSA) is 8.17 Å². The number of aromatic nitrogens is 1. The summed E-state index contributed by atoms with van der Waals surface area (Å²) in [6.45, 7) is 4.77. The van der Waals surface area contributed by atoms with Gasteiger partial charge in [-0.1, -0.05) is 166 Å². The number of rotatable bonds is 4. The Kier molecular flexibility index (Phi) is 6.74. The molecule has 0 aliphatic heterocycles. The minimum Gasteiger partial charge on any atom is -0.310 e. The molecule has 10 aromatic rings. The Morgan fingerprint density at radius 3 is 1.57 bits per heavy atom. The van der Waals surface area contributed by atoms with E-state index >= 15 is 0 Å². The van der Waals surface area contributed by atoms with Crippen molar-refractivity contribution < 1.29 is 0 Å². The van der Waals surface area contributed by atoms with Crippen molar-refractivity contribution >= 4 is 38.9 Å². The molecule has 60 heavy (non-hydrogen) atoms. The molecule has 13 rings (SSSR count). The van der Waals surface area contributed by atoms with Crippen LogP contribution in [0.3, 0.4) is 0 Å². The second-order valence-corrected chi connectivity index (χ2v) is 17.2. The van der Waals surface area contributed by atoms with Crippen molar-refractivity contribution in [3.63, 3.8) is 0 Å². The maximum Gasteiger partial charge on any atom is 0.0746 e. The second-order valence-electron chi connectivity index (χ2n) is 17.2. The average molecular weight is 765 g/mol. The molecule has 0 atom stereocenters. The monoisotopic (exact) mass is 764 g/mol. The van der Waals surface area contributed by atoms with Gasteiger partial charge in [-0.05, 0) is 116 Å². The Hall–Kier alpha value is -7.42. The third-order valence-electron chi connectivity index (χ3n) is 14.0. The lowest BCUT2D eigenvalue weighted by Gasteiger charge is -2.36. The number of anilines is 3. The molecule has 1 aromatic heterocycles. The summed E-state index contributed by atoms with van der Waals surface area (Å²) < 4.78 is 2.41. The molecule has 1 heterocycles. The third-order valence-corrected chi connectivity index (χ3v) is 14.0. The summed E-state index contributed by atoms with van der Waals surface area (Å²) in [5, 5.41) is 2.47. The molecule has 0 saturated carbocycles. The molecule has 282 valence electrons. The fourth-order valence-corrected chi connectivity index (χ4v) is 11.5. The van der Waals surface area contributed by atoms with E-state index in [2.05, 4.69) is 230 Å². The van der Waals surface area contributed by atoms with Crippen LogP contribution in [0.15, 0.2) is 206 Å². The zero-order valence-electron chi connectivity index (χ0n) is 33.5. The molecule has 1 spiro atoms. The fourth-order valence-electron chi connectivity index (χ4n) is 11.5. The Bertz CT molecular complexity index is 3360. The van der Waals surface area contributed by atoms with Crippen LogP contribution in [0, 0.1) is 0 Å². The molecule has 9 aromatic carbocycles. The number of para-hydroxylation sites is 2. The normalized spacial score (nSPS) is 14.4. The minimum atomic E-state index is -0.506. The Labute approximate surface area is 350 Å². The van der Waals surface area contributed by atoms with Crippen molar-refractivity contribution in [3.05, 3.63) is 240 Å². The van der Waals surface area contributed by atoms with E-state index in [1.165, 1.54) is 94.3 Å². The first-order valence-corrected chi connectivity index (χ1v) is 21.1. The van der Waals surface area contributed by atoms with Gasteiger partial charge in [0.05, 0.1) is 22.1 Å². The van der Waals surface area contributed by atoms with Gasteiger partial charge in [-0.25, -0.2) is 0 Å². The lowest BCUT2D eigenvalue weighted by molar-refractivity contribution is 0.660. The van der Waals surface area contributed by atoms with Gasteiger partial charge in [0.2, 0.25) is 0 Å². The zero-order chi connectivity index (χ0) is 39.7. The van der Waals surface area contributed by atoms with E-state index in [-0.39, 0.29) is 5.41 Å². The highest BCUT2D eigenvalue weighted by Gasteiger charge is 2.53. The molecular weight excluding hydrogens is 725 g/mol. The Balaban J connectivity index is 1.14. The van der Waals surface area contributed by atoms with Gasteiger partial charge in [0.25, 0.3) is 0 Å². The summed E-state index contributed by atoms with van der Waals surface area (Å²) in [5.74, 6) is 0. The first-order valence-electron chi connectivity index (χ1n) is 21.1. The molecule has 0 bridgehead atoms. The molecule has 3 aliphatic rings. The van der Waals surface area contributed by atoms with Gasteiger partial charge in [0, 0.05) is 38.8 Å². The van der Waals surface area contributed by atoms with E-state index in [0.717, 1.165) is 17.1 Å². The van der Waals surface area contributed by atoms with Gasteiger partial charge in [0.15, 0.2) is 0 Å². The van der Waals surface area contributed by atoms with Crippen LogP contribution in [0.1, 0.15) is 47.2 Å². The predicted molar refractivity (Wildman–Crippen MR) is 249 cm³/mol. The van der Waals surface area contributed by atoms with Crippen LogP contribution in [0.4, 0.5) is 17.1 Å². The molecule has 0 amide bonds. The molecule has 0 fully saturated rings. The molecule has 0 unspecified atom stereocenters. The molecule has 0 N–H and O–H groups in total. The van der Waals surface area contributed by atoms with E-state index in [4.69, 9.17) is 0 Å². The maximum absolute atomic E-state index is 2.57. The summed E-state index contributed by atoms with van der Waals surface area (Å²) in [6, 6.07) is 77.3. The first-order chi connectivity index (χ1) is 29.5. The minimum absolute atomic E-state index is 0.153. The van der Waals surface area contributed by atoms with Crippen molar-refractivity contribution in [3.8, 4) is 39.1 Å². The van der Waals surface area contributed by atoms with Crippen molar-refractivity contribution in [1.29, 1.82) is 0 Å². The van der Waals surface area contributed by atoms with E-state index in [0.29, 0.717) is 0 Å². The van der Waals surface area contributed by atoms with E-state index in [1.807, 2.05) is 0 Å². The highest BCUT2D eigenvalue weighted by molar-refractivity contribution is 6.11. The second kappa shape index (κ2) is 12.1. The molecular formula is C58H40N2. The number of hydrogen-bond donors (Lipinski definition) is 0. The van der Waals surface area contributed by atoms with Gasteiger partial charge in [-0.2, -0.15) is 0 Å². The summed E-state index contributed by atoms with van der Waals surface area (Å²) in [4.78, 5) is 2.57. The Morgan fingerprint density at radius 1 is 0.367 bits per heavy atom. The smallest absolute Gasteiger partial charge is 0.0746 e. The van der Waals surface area contributed by atoms with Crippen LogP contribution in [-0.2, 0) is 10.8 Å². The fraction of sp³-hybridized carbons (Fsp3) is 0.0690. The van der Waals surface area contributed by atoms with Gasteiger partial charge in [-0.15, -0.1) is 0 Å². The van der Waals surface area contributed by atoms with Crippen molar-refractivity contribution in [2.45, 2.75) is 24.7 Å². The average Bonchev–Trinajstić information content (AvgIpc) is 3.97. The number of nitrogens with zero attached hydrogens (tertiary/aromatic N) is 2. The zero-order valence-corrected chi connectivity index (χ0v) is 33.5. The number of benzene rings is 9. The summed E-state index contributed by atoms with van der Waals surface area (Å²) in [6.07, 6.45) is 0. The largest absolute Gasteiger partial charge is 0.310 e. The highest BCUT2D eigenvalue weighted by atomic mass is 15.1. The van der Waals surface area contributed by atoms with E-state index in [1.54, 1.807) is 0 Å². The van der Waals surface area contributed by atoms with Crippen molar-refractivity contribution in [2.24, 2.45) is 0 Å². The van der Waals surface area contributed by atoms with Gasteiger partial charge < -0.3 is 9.47 Å². The van der Waals surface area contributed by atoms with Crippen LogP contribution in [-0.4, -0.2) is 4.57 Å². The predicted octanol–water partition coefficient (Wildman–Crippen LogP) is 14.9. The van der Waals surface area contributed by atoms with Gasteiger partial charge >= 0.3 is 0 Å². The Morgan fingerprint density at radius 2 is 0.867 bits per heavy atom. The third kappa shape index (κ3) is 4.22. The molecule has 2 heteroatoms. The van der Waals surface area contributed by atoms with Crippen LogP contribution in [0.5, 0.6) is 0 Å². The SMILES string of the molecule is CC1(C)c2ccccc2-c2ccc(N(c3ccc4c(c3)c3ccccc3n4-c3ccccc3)c3cccc4c3C3(c5ccccc5-c5ccccc53)c3ccccc3-4)cc21. The van der Waals surface area contributed by atoms with Crippen molar-refractivity contribution in [2.75, 3.05) is 4.90 Å². The van der Waals surface area contributed by atoms with Gasteiger partial charge in [0.1, 0.15) is 0 Å². The van der Waals surface area contributed by atoms with E-state index in [9.17, 15) is 0 Å². The molecule has 0 radical (unpaired) electrons. The molecule has 0 saturated heterocycles. The van der Waals surface area contributed by atoms with Crippen LogP contribution >= 0.6 is 0 Å². The highest BCUT2D eigenvalue weighted by Crippen LogP contribution is 2.65. The number of fused-ring (bicyclic) bond motifs is 16. The van der Waals surface area contributed by atoms with Crippen LogP contribution in [0.2, 0.25) is 0 Å². The quantitative estimate of drug-likeness (QED) is 0.173. The summed E-state index contributed by atoms with van der Waals surface area (Å²) in [5.41, 5.74) is 22.3. The van der Waals surface area contributed by atoms with Crippen LogP contribution in [0.25, 0.3) is 60.9 Å². The first kappa shape index (κ1) is 33.5. The lowest BCUT2D eigenvalue weighted by Crippen LogP contribution is -2.28. The lowest BCUT2D eigenvalue weighted by atomic mass is 9.70. The van der Waals surface area contributed by atoms with Gasteiger partial charge in [-0.3, -0.25) is 0 Å². The van der Waals surface area contributed by atoms with E-state index < -0.39 is 5.41 Å². The van der Waals surface area contributed by atoms with Crippen LogP contribution < -0.4 is 4.90 Å². The van der Waals surface area contributed by atoms with Crippen molar-refractivity contribution in [1.82, 2.24) is 4.57 Å². The molecule has 3 aliphatic carbocycles.